The summed E-state index contributed by atoms with van der Waals surface area (Å²) >= 11 is 0. The van der Waals surface area contributed by atoms with Crippen molar-refractivity contribution in [2.75, 3.05) is 44.7 Å². The van der Waals surface area contributed by atoms with Crippen molar-refractivity contribution in [3.05, 3.63) is 82.8 Å². The van der Waals surface area contributed by atoms with Gasteiger partial charge in [-0.25, -0.2) is 9.37 Å². The van der Waals surface area contributed by atoms with E-state index in [0.29, 0.717) is 18.1 Å². The molecule has 1 aromatic heterocycles. The summed E-state index contributed by atoms with van der Waals surface area (Å²) in [7, 11) is 0. The molecule has 1 fully saturated rings. The van der Waals surface area contributed by atoms with Gasteiger partial charge in [0.1, 0.15) is 12.1 Å². The molecule has 1 aliphatic rings. The number of morpholine rings is 1. The predicted octanol–water partition coefficient (Wildman–Crippen LogP) is 4.02. The summed E-state index contributed by atoms with van der Waals surface area (Å²) in [6.45, 7) is 10.6. The molecular formula is C26H31FN4O3. The molecule has 0 radical (unpaired) electrons. The number of aryl methyl sites for hydroxylation is 2. The van der Waals surface area contributed by atoms with E-state index in [1.54, 1.807) is 0 Å². The molecule has 7 nitrogen and oxygen atoms in total. The Morgan fingerprint density at radius 1 is 1.12 bits per heavy atom. The first-order valence-corrected chi connectivity index (χ1v) is 11.6. The summed E-state index contributed by atoms with van der Waals surface area (Å²) in [6.07, 6.45) is 1.37. The molecule has 1 amide bonds. The molecule has 1 saturated heterocycles. The molecule has 2 aromatic carbocycles. The van der Waals surface area contributed by atoms with Gasteiger partial charge in [-0.15, -0.1) is 0 Å². The largest absolute Gasteiger partial charge is 0.447 e. The van der Waals surface area contributed by atoms with E-state index in [1.807, 2.05) is 0 Å². The number of benzene rings is 2. The van der Waals surface area contributed by atoms with Crippen LogP contribution in [0.15, 0.2) is 53.1 Å². The normalized spacial score (nSPS) is 14.5. The van der Waals surface area contributed by atoms with Gasteiger partial charge in [0.05, 0.1) is 19.8 Å². The number of hydrogen-bond acceptors (Lipinski definition) is 6. The molecule has 0 bridgehead atoms. The second kappa shape index (κ2) is 11.4. The number of hydrogen-bond donors (Lipinski definition) is 1. The standard InChI is InChI=1S/C26H31FN4O3/c1-19-3-4-21(20(2)15-19)16-31(10-9-30-11-13-33-14-12-30)17-25-29-24(18-34-25)26(32)28-23-7-5-22(27)6-8-23/h3-8,15,18H,9-14,16-17H2,1-2H3,(H,28,32). The van der Waals surface area contributed by atoms with Crippen LogP contribution in [0.25, 0.3) is 0 Å². The van der Waals surface area contributed by atoms with Crippen molar-refractivity contribution in [2.45, 2.75) is 26.9 Å². The second-order valence-electron chi connectivity index (χ2n) is 8.68. The topological polar surface area (TPSA) is 70.8 Å². The molecule has 0 spiro atoms. The van der Waals surface area contributed by atoms with Crippen molar-refractivity contribution in [2.24, 2.45) is 0 Å². The Hall–Kier alpha value is -3.07. The Morgan fingerprint density at radius 2 is 1.88 bits per heavy atom. The van der Waals surface area contributed by atoms with E-state index >= 15 is 0 Å². The maximum atomic E-state index is 13.1. The van der Waals surface area contributed by atoms with Gasteiger partial charge in [0.25, 0.3) is 5.91 Å². The lowest BCUT2D eigenvalue weighted by Crippen LogP contribution is -2.41. The molecule has 8 heteroatoms. The molecule has 34 heavy (non-hydrogen) atoms. The minimum absolute atomic E-state index is 0.193. The van der Waals surface area contributed by atoms with Crippen LogP contribution in [0.5, 0.6) is 0 Å². The first-order valence-electron chi connectivity index (χ1n) is 11.6. The summed E-state index contributed by atoms with van der Waals surface area (Å²) in [5.41, 5.74) is 4.44. The van der Waals surface area contributed by atoms with Crippen LogP contribution in [-0.4, -0.2) is 60.1 Å². The SMILES string of the molecule is Cc1ccc(CN(CCN2CCOCC2)Cc2nc(C(=O)Nc3ccc(F)cc3)co2)c(C)c1. The predicted molar refractivity (Wildman–Crippen MR) is 128 cm³/mol. The summed E-state index contributed by atoms with van der Waals surface area (Å²) in [5, 5.41) is 2.71. The van der Waals surface area contributed by atoms with Gasteiger partial charge in [-0.2, -0.15) is 0 Å². The maximum Gasteiger partial charge on any atom is 0.277 e. The lowest BCUT2D eigenvalue weighted by atomic mass is 10.1. The van der Waals surface area contributed by atoms with Crippen molar-refractivity contribution >= 4 is 11.6 Å². The van der Waals surface area contributed by atoms with Crippen LogP contribution in [0.1, 0.15) is 33.1 Å². The van der Waals surface area contributed by atoms with Crippen molar-refractivity contribution in [3.8, 4) is 0 Å². The van der Waals surface area contributed by atoms with Gasteiger partial charge >= 0.3 is 0 Å². The molecule has 2 heterocycles. The van der Waals surface area contributed by atoms with Gasteiger partial charge in [-0.05, 0) is 49.2 Å². The van der Waals surface area contributed by atoms with E-state index in [1.165, 1.54) is 47.2 Å². The number of aromatic nitrogens is 1. The first kappa shape index (κ1) is 24.1. The molecule has 0 atom stereocenters. The lowest BCUT2D eigenvalue weighted by Gasteiger charge is -2.30. The monoisotopic (exact) mass is 466 g/mol. The van der Waals surface area contributed by atoms with Gasteiger partial charge in [-0.1, -0.05) is 23.8 Å². The van der Waals surface area contributed by atoms with Crippen LogP contribution < -0.4 is 5.32 Å². The number of nitrogens with zero attached hydrogens (tertiary/aromatic N) is 3. The molecule has 180 valence electrons. The second-order valence-corrected chi connectivity index (χ2v) is 8.68. The summed E-state index contributed by atoms with van der Waals surface area (Å²) < 4.78 is 24.2. The van der Waals surface area contributed by atoms with Gasteiger partial charge in [0.2, 0.25) is 5.89 Å². The summed E-state index contributed by atoms with van der Waals surface area (Å²) in [6, 6.07) is 12.1. The Kier molecular flexibility index (Phi) is 8.05. The zero-order chi connectivity index (χ0) is 23.9. The third kappa shape index (κ3) is 6.72. The van der Waals surface area contributed by atoms with E-state index in [9.17, 15) is 9.18 Å². The van der Waals surface area contributed by atoms with Gasteiger partial charge < -0.3 is 14.5 Å². The summed E-state index contributed by atoms with van der Waals surface area (Å²) in [5.74, 6) is -0.269. The van der Waals surface area contributed by atoms with E-state index < -0.39 is 5.91 Å². The van der Waals surface area contributed by atoms with Crippen molar-refractivity contribution < 1.29 is 18.3 Å². The van der Waals surface area contributed by atoms with Crippen molar-refractivity contribution in [1.82, 2.24) is 14.8 Å². The Labute approximate surface area is 199 Å². The fourth-order valence-electron chi connectivity index (χ4n) is 3.99. The van der Waals surface area contributed by atoms with Crippen LogP contribution in [0.2, 0.25) is 0 Å². The Balaban J connectivity index is 1.42. The fourth-order valence-corrected chi connectivity index (χ4v) is 3.99. The van der Waals surface area contributed by atoms with Gasteiger partial charge in [0, 0.05) is 38.4 Å². The number of ether oxygens (including phenoxy) is 1. The van der Waals surface area contributed by atoms with Crippen molar-refractivity contribution in [3.63, 3.8) is 0 Å². The number of nitrogens with one attached hydrogen (secondary N) is 1. The first-order chi connectivity index (χ1) is 16.5. The van der Waals surface area contributed by atoms with E-state index in [2.05, 4.69) is 52.1 Å². The minimum Gasteiger partial charge on any atom is -0.447 e. The molecule has 1 N–H and O–H groups in total. The van der Waals surface area contributed by atoms with E-state index in [0.717, 1.165) is 45.9 Å². The summed E-state index contributed by atoms with van der Waals surface area (Å²) in [4.78, 5) is 21.6. The smallest absolute Gasteiger partial charge is 0.277 e. The van der Waals surface area contributed by atoms with E-state index in [4.69, 9.17) is 9.15 Å². The zero-order valence-corrected chi connectivity index (χ0v) is 19.7. The average Bonchev–Trinajstić information content (AvgIpc) is 3.30. The average molecular weight is 467 g/mol. The molecule has 0 saturated carbocycles. The molecular weight excluding hydrogens is 435 g/mol. The zero-order valence-electron chi connectivity index (χ0n) is 19.7. The van der Waals surface area contributed by atoms with Crippen LogP contribution in [0.3, 0.4) is 0 Å². The number of carbonyl (C=O) groups is 1. The highest BCUT2D eigenvalue weighted by molar-refractivity contribution is 6.02. The molecule has 0 aliphatic carbocycles. The molecule has 3 aromatic rings. The fraction of sp³-hybridized carbons (Fsp3) is 0.385. The third-order valence-corrected chi connectivity index (χ3v) is 5.97. The number of rotatable bonds is 9. The highest BCUT2D eigenvalue weighted by atomic mass is 19.1. The Morgan fingerprint density at radius 3 is 2.62 bits per heavy atom. The van der Waals surface area contributed by atoms with Crippen LogP contribution >= 0.6 is 0 Å². The number of oxazole rings is 1. The number of amides is 1. The van der Waals surface area contributed by atoms with Crippen LogP contribution in [-0.2, 0) is 17.8 Å². The molecule has 0 unspecified atom stereocenters. The maximum absolute atomic E-state index is 13.1. The van der Waals surface area contributed by atoms with Gasteiger partial charge in [-0.3, -0.25) is 14.6 Å². The highest BCUT2D eigenvalue weighted by Crippen LogP contribution is 2.16. The number of carbonyl (C=O) groups excluding carboxylic acids is 1. The van der Waals surface area contributed by atoms with Crippen LogP contribution in [0.4, 0.5) is 10.1 Å². The van der Waals surface area contributed by atoms with E-state index in [-0.39, 0.29) is 11.5 Å². The third-order valence-electron chi connectivity index (χ3n) is 5.97. The molecule has 1 aliphatic heterocycles. The molecule has 4 rings (SSSR count). The highest BCUT2D eigenvalue weighted by Gasteiger charge is 2.18. The minimum atomic E-state index is -0.393. The van der Waals surface area contributed by atoms with Gasteiger partial charge in [0.15, 0.2) is 5.69 Å². The Bertz CT molecular complexity index is 1090. The quantitative estimate of drug-likeness (QED) is 0.514. The number of halogens is 1. The van der Waals surface area contributed by atoms with Crippen LogP contribution in [0, 0.1) is 19.7 Å². The van der Waals surface area contributed by atoms with Crippen molar-refractivity contribution in [1.29, 1.82) is 0 Å². The number of anilines is 1. The lowest BCUT2D eigenvalue weighted by molar-refractivity contribution is 0.0320.